The molecule has 0 radical (unpaired) electrons. The lowest BCUT2D eigenvalue weighted by molar-refractivity contribution is -0.119. The molecule has 0 aromatic heterocycles. The van der Waals surface area contributed by atoms with E-state index in [1.165, 1.54) is 11.8 Å². The van der Waals surface area contributed by atoms with Crippen LogP contribution >= 0.6 is 11.8 Å². The highest BCUT2D eigenvalue weighted by Gasteiger charge is 2.16. The van der Waals surface area contributed by atoms with Crippen LogP contribution in [-0.4, -0.2) is 36.6 Å². The number of carbonyl (C=O) groups excluding carboxylic acids is 3. The molecule has 0 saturated heterocycles. The van der Waals surface area contributed by atoms with Gasteiger partial charge in [-0.25, -0.2) is 0 Å². The van der Waals surface area contributed by atoms with Gasteiger partial charge >= 0.3 is 0 Å². The van der Waals surface area contributed by atoms with Crippen molar-refractivity contribution < 1.29 is 14.4 Å². The Balaban J connectivity index is 2.18. The summed E-state index contributed by atoms with van der Waals surface area (Å²) in [7, 11) is 1.57. The Hall–Kier alpha value is -2.80. The van der Waals surface area contributed by atoms with E-state index in [4.69, 9.17) is 0 Å². The first-order valence-corrected chi connectivity index (χ1v) is 9.96. The fourth-order valence-electron chi connectivity index (χ4n) is 2.63. The summed E-state index contributed by atoms with van der Waals surface area (Å²) in [6.07, 6.45) is 0. The van der Waals surface area contributed by atoms with Crippen LogP contribution in [0.1, 0.15) is 40.1 Å². The lowest BCUT2D eigenvalue weighted by Crippen LogP contribution is -2.31. The van der Waals surface area contributed by atoms with Crippen LogP contribution in [0, 0.1) is 6.92 Å². The third-order valence-electron chi connectivity index (χ3n) is 3.99. The Kier molecular flexibility index (Phi) is 7.63. The number of benzene rings is 2. The fourth-order valence-corrected chi connectivity index (χ4v) is 3.49. The predicted molar refractivity (Wildman–Crippen MR) is 113 cm³/mol. The van der Waals surface area contributed by atoms with Crippen molar-refractivity contribution in [2.45, 2.75) is 31.7 Å². The maximum atomic E-state index is 12.8. The molecule has 3 amide bonds. The molecule has 3 N–H and O–H groups in total. The van der Waals surface area contributed by atoms with Crippen molar-refractivity contribution in [3.8, 4) is 0 Å². The highest BCUT2D eigenvalue weighted by atomic mass is 32.2. The molecule has 0 aliphatic carbocycles. The van der Waals surface area contributed by atoms with Gasteiger partial charge in [0.25, 0.3) is 11.8 Å². The second-order valence-electron chi connectivity index (χ2n) is 6.52. The molecule has 0 spiro atoms. The highest BCUT2D eigenvalue weighted by molar-refractivity contribution is 8.00. The van der Waals surface area contributed by atoms with E-state index < -0.39 is 0 Å². The average Bonchev–Trinajstić information content (AvgIpc) is 2.67. The first kappa shape index (κ1) is 21.5. The molecule has 0 saturated carbocycles. The molecule has 2 rings (SSSR count). The quantitative estimate of drug-likeness (QED) is 0.624. The molecule has 0 atom stereocenters. The third kappa shape index (κ3) is 5.60. The van der Waals surface area contributed by atoms with Gasteiger partial charge in [0, 0.05) is 29.2 Å². The molecule has 2 aromatic rings. The third-order valence-corrected chi connectivity index (χ3v) is 5.07. The van der Waals surface area contributed by atoms with Crippen molar-refractivity contribution in [1.29, 1.82) is 0 Å². The number of nitrogens with one attached hydrogen (secondary N) is 3. The molecule has 0 unspecified atom stereocenters. The summed E-state index contributed by atoms with van der Waals surface area (Å²) in [6, 6.07) is 12.4. The smallest absolute Gasteiger partial charge is 0.256 e. The maximum Gasteiger partial charge on any atom is 0.256 e. The van der Waals surface area contributed by atoms with Gasteiger partial charge < -0.3 is 16.0 Å². The topological polar surface area (TPSA) is 87.3 Å². The van der Waals surface area contributed by atoms with Crippen LogP contribution in [0.4, 0.5) is 5.69 Å². The molecule has 0 heterocycles. The van der Waals surface area contributed by atoms with Gasteiger partial charge in [-0.15, -0.1) is 11.8 Å². The summed E-state index contributed by atoms with van der Waals surface area (Å²) in [4.78, 5) is 37.4. The van der Waals surface area contributed by atoms with Gasteiger partial charge in [-0.3, -0.25) is 14.4 Å². The molecule has 2 aromatic carbocycles. The van der Waals surface area contributed by atoms with Crippen molar-refractivity contribution in [1.82, 2.24) is 10.6 Å². The number of hydrogen-bond donors (Lipinski definition) is 3. The summed E-state index contributed by atoms with van der Waals surface area (Å²) in [5.41, 5.74) is 2.25. The zero-order valence-corrected chi connectivity index (χ0v) is 17.3. The van der Waals surface area contributed by atoms with Crippen molar-refractivity contribution in [2.75, 3.05) is 18.1 Å². The molecule has 0 aliphatic rings. The maximum absolute atomic E-state index is 12.8. The molecular formula is C21H25N3O3S. The molecule has 0 aliphatic heterocycles. The number of anilines is 1. The Labute approximate surface area is 169 Å². The second-order valence-corrected chi connectivity index (χ2v) is 7.54. The summed E-state index contributed by atoms with van der Waals surface area (Å²) < 4.78 is 0. The van der Waals surface area contributed by atoms with Gasteiger partial charge in [0.1, 0.15) is 0 Å². The van der Waals surface area contributed by atoms with Crippen LogP contribution in [0.3, 0.4) is 0 Å². The van der Waals surface area contributed by atoms with Crippen LogP contribution in [0.25, 0.3) is 0 Å². The summed E-state index contributed by atoms with van der Waals surface area (Å²) >= 11 is 1.31. The van der Waals surface area contributed by atoms with Crippen LogP contribution in [0.15, 0.2) is 47.4 Å². The van der Waals surface area contributed by atoms with Gasteiger partial charge in [-0.1, -0.05) is 18.2 Å². The van der Waals surface area contributed by atoms with Gasteiger partial charge in [0.05, 0.1) is 11.3 Å². The SMILES string of the molecule is CNC(=O)c1cccc(NC(=O)c2ccccc2SCC(=O)NC(C)C)c1C. The van der Waals surface area contributed by atoms with Crippen LogP contribution in [0.5, 0.6) is 0 Å². The van der Waals surface area contributed by atoms with Gasteiger partial charge in [-0.05, 0) is 50.6 Å². The zero-order chi connectivity index (χ0) is 20.7. The highest BCUT2D eigenvalue weighted by Crippen LogP contribution is 2.25. The molecule has 0 bridgehead atoms. The molecule has 28 heavy (non-hydrogen) atoms. The van der Waals surface area contributed by atoms with E-state index >= 15 is 0 Å². The second kappa shape index (κ2) is 9.94. The standard InChI is InChI=1S/C21H25N3O3S/c1-13(2)23-19(25)12-28-18-11-6-5-8-16(18)21(27)24-17-10-7-9-15(14(17)3)20(26)22-4/h5-11,13H,12H2,1-4H3,(H,22,26)(H,23,25)(H,24,27). The lowest BCUT2D eigenvalue weighted by Gasteiger charge is -2.14. The van der Waals surface area contributed by atoms with Crippen molar-refractivity contribution in [3.63, 3.8) is 0 Å². The fraction of sp³-hybridized carbons (Fsp3) is 0.286. The summed E-state index contributed by atoms with van der Waals surface area (Å²) in [5.74, 6) is -0.345. The average molecular weight is 400 g/mol. The molecule has 6 nitrogen and oxygen atoms in total. The lowest BCUT2D eigenvalue weighted by atomic mass is 10.1. The van der Waals surface area contributed by atoms with E-state index in [1.54, 1.807) is 44.3 Å². The number of rotatable bonds is 7. The van der Waals surface area contributed by atoms with Crippen LogP contribution in [-0.2, 0) is 4.79 Å². The van der Waals surface area contributed by atoms with Crippen molar-refractivity contribution in [2.24, 2.45) is 0 Å². The number of hydrogen-bond acceptors (Lipinski definition) is 4. The minimum absolute atomic E-state index is 0.0715. The van der Waals surface area contributed by atoms with E-state index in [0.29, 0.717) is 22.4 Å². The Morgan fingerprint density at radius 2 is 1.64 bits per heavy atom. The minimum atomic E-state index is -0.287. The predicted octanol–water partition coefficient (Wildman–Crippen LogP) is 3.22. The van der Waals surface area contributed by atoms with E-state index in [-0.39, 0.29) is 29.5 Å². The van der Waals surface area contributed by atoms with Gasteiger partial charge in [0.2, 0.25) is 5.91 Å². The van der Waals surface area contributed by atoms with Crippen molar-refractivity contribution in [3.05, 3.63) is 59.2 Å². The largest absolute Gasteiger partial charge is 0.355 e. The first-order valence-electron chi connectivity index (χ1n) is 8.97. The monoisotopic (exact) mass is 399 g/mol. The van der Waals surface area contributed by atoms with E-state index in [1.807, 2.05) is 26.0 Å². The Morgan fingerprint density at radius 3 is 2.32 bits per heavy atom. The number of carbonyl (C=O) groups is 3. The van der Waals surface area contributed by atoms with Gasteiger partial charge in [0.15, 0.2) is 0 Å². The Bertz CT molecular complexity index is 881. The van der Waals surface area contributed by atoms with Crippen molar-refractivity contribution >= 4 is 35.2 Å². The summed E-state index contributed by atoms with van der Waals surface area (Å²) in [6.45, 7) is 5.59. The molecule has 7 heteroatoms. The number of thioether (sulfide) groups is 1. The van der Waals surface area contributed by atoms with Crippen LogP contribution in [0.2, 0.25) is 0 Å². The summed E-state index contributed by atoms with van der Waals surface area (Å²) in [5, 5.41) is 8.30. The van der Waals surface area contributed by atoms with Crippen LogP contribution < -0.4 is 16.0 Å². The molecule has 148 valence electrons. The van der Waals surface area contributed by atoms with E-state index in [0.717, 1.165) is 4.90 Å². The molecular weight excluding hydrogens is 374 g/mol. The van der Waals surface area contributed by atoms with E-state index in [2.05, 4.69) is 16.0 Å². The van der Waals surface area contributed by atoms with E-state index in [9.17, 15) is 14.4 Å². The van der Waals surface area contributed by atoms with Gasteiger partial charge in [-0.2, -0.15) is 0 Å². The zero-order valence-electron chi connectivity index (χ0n) is 16.5. The molecule has 0 fully saturated rings. The minimum Gasteiger partial charge on any atom is -0.355 e. The normalized spacial score (nSPS) is 10.5. The Morgan fingerprint density at radius 1 is 0.964 bits per heavy atom. The first-order chi connectivity index (χ1) is 13.3. The number of amides is 3.